The smallest absolute Gasteiger partial charge is 0.326 e. The third kappa shape index (κ3) is 27.9. The number of aliphatic carboxylic acids is 4. The number of phenols is 1. The number of nitrogens with one attached hydrogen (secondary N) is 10. The summed E-state index contributed by atoms with van der Waals surface area (Å²) in [6, 6.07) is -7.93. The van der Waals surface area contributed by atoms with E-state index in [2.05, 4.69) is 47.9 Å². The maximum absolute atomic E-state index is 14.3. The predicted molar refractivity (Wildman–Crippen MR) is 296 cm³/mol. The second kappa shape index (κ2) is 36.3. The summed E-state index contributed by atoms with van der Waals surface area (Å²) in [7, 11) is 0. The zero-order valence-electron chi connectivity index (χ0n) is 47.8. The van der Waals surface area contributed by atoms with Crippen molar-refractivity contribution in [2.75, 3.05) is 6.54 Å². The van der Waals surface area contributed by atoms with Crippen LogP contribution in [0.5, 0.6) is 5.75 Å². The van der Waals surface area contributed by atoms with Crippen LogP contribution in [0, 0.1) is 29.1 Å². The number of benzene rings is 1. The van der Waals surface area contributed by atoms with Crippen molar-refractivity contribution in [3.8, 4) is 5.75 Å². The van der Waals surface area contributed by atoms with E-state index in [0.717, 1.165) is 0 Å². The highest BCUT2D eigenvalue weighted by molar-refractivity contribution is 5.98. The Morgan fingerprint density at radius 2 is 0.878 bits per heavy atom. The Balaban J connectivity index is 3.67. The lowest BCUT2D eigenvalue weighted by Gasteiger charge is -2.30. The molecule has 1 aromatic carbocycles. The van der Waals surface area contributed by atoms with E-state index < -0.39 is 182 Å². The third-order valence-electron chi connectivity index (χ3n) is 12.9. The summed E-state index contributed by atoms with van der Waals surface area (Å²) >= 11 is 0. The number of carboxylic acids is 4. The number of aromatic hydroxyl groups is 1. The van der Waals surface area contributed by atoms with Crippen LogP contribution in [0.1, 0.15) is 132 Å². The van der Waals surface area contributed by atoms with Crippen LogP contribution in [0.3, 0.4) is 0 Å². The van der Waals surface area contributed by atoms with Gasteiger partial charge in [0.2, 0.25) is 47.3 Å². The number of nitrogens with two attached hydrogens (primary N) is 2. The van der Waals surface area contributed by atoms with Gasteiger partial charge in [-0.15, -0.1) is 0 Å². The zero-order valence-corrected chi connectivity index (χ0v) is 47.8. The molecule has 0 saturated carbocycles. The van der Waals surface area contributed by atoms with Crippen LogP contribution < -0.4 is 59.3 Å². The maximum atomic E-state index is 14.3. The molecule has 0 radical (unpaired) electrons. The highest BCUT2D eigenvalue weighted by Gasteiger charge is 2.37. The van der Waals surface area contributed by atoms with E-state index in [1.54, 1.807) is 41.5 Å². The largest absolute Gasteiger partial charge is 0.508 e. The molecule has 0 heterocycles. The van der Waals surface area contributed by atoms with Crippen LogP contribution >= 0.6 is 0 Å². The summed E-state index contributed by atoms with van der Waals surface area (Å²) in [6.07, 6.45) is -3.92. The van der Waals surface area contributed by atoms with Crippen molar-refractivity contribution in [3.05, 3.63) is 29.8 Å². The molecule has 0 aromatic heterocycles. The molecule has 82 heavy (non-hydrogen) atoms. The molecule has 29 nitrogen and oxygen atoms in total. The zero-order chi connectivity index (χ0) is 62.6. The first-order valence-electron chi connectivity index (χ1n) is 27.2. The van der Waals surface area contributed by atoms with Gasteiger partial charge in [-0.3, -0.25) is 58.1 Å². The van der Waals surface area contributed by atoms with Crippen LogP contribution in [-0.2, 0) is 64.0 Å². The summed E-state index contributed by atoms with van der Waals surface area (Å²) < 4.78 is 0. The Morgan fingerprint density at radius 1 is 0.500 bits per heavy atom. The van der Waals surface area contributed by atoms with Gasteiger partial charge in [0.15, 0.2) is 5.96 Å². The van der Waals surface area contributed by atoms with Crippen molar-refractivity contribution in [1.29, 1.82) is 5.41 Å². The van der Waals surface area contributed by atoms with Crippen molar-refractivity contribution in [2.45, 2.75) is 187 Å². The first kappa shape index (κ1) is 71.9. The third-order valence-corrected chi connectivity index (χ3v) is 12.9. The average molecular weight is 1160 g/mol. The lowest BCUT2D eigenvalue weighted by Crippen LogP contribution is -2.61. The average Bonchev–Trinajstić information content (AvgIpc) is 3.39. The molecule has 19 N–H and O–H groups in total. The Bertz CT molecular complexity index is 2370. The van der Waals surface area contributed by atoms with Crippen molar-refractivity contribution in [3.63, 3.8) is 0 Å². The van der Waals surface area contributed by atoms with E-state index in [-0.39, 0.29) is 62.7 Å². The van der Waals surface area contributed by atoms with Crippen molar-refractivity contribution in [2.24, 2.45) is 35.1 Å². The molecule has 10 atom stereocenters. The summed E-state index contributed by atoms with van der Waals surface area (Å²) in [5.41, 5.74) is 11.9. The van der Waals surface area contributed by atoms with Gasteiger partial charge < -0.3 is 84.9 Å². The molecule has 0 spiro atoms. The standard InChI is InChI=1S/C53H86N12O17/c1-9-29(8)43(51(80)61-33(11-10-22-57-53(55)56)47(76)64-42(28(6)7)50(79)63-38(52(81)82)24-27(4)5)65-48(77)36(18-21-41(71)72)59-45(74)34(16-19-39(67)68)58-46(75)35(17-20-40(69)70)60-49(78)37(25-30-12-14-31(66)15-13-30)62-44(73)32(54)23-26(2)3/h12-15,26-29,32-38,42-43,66H,9-11,16-25,54H2,1-8H3,(H,58,75)(H,59,74)(H,60,78)(H,61,80)(H,62,73)(H,63,79)(H,64,76)(H,65,77)(H,67,68)(H,69,70)(H,71,72)(H,81,82)(H4,55,56,57)/t29-,32-,33-,34-,35-,36-,37-,38-,42-,43-/m0/s1. The molecule has 0 saturated heterocycles. The van der Waals surface area contributed by atoms with Gasteiger partial charge in [-0.2, -0.15) is 0 Å². The molecule has 8 amide bonds. The second-order valence-corrected chi connectivity index (χ2v) is 21.3. The molecule has 0 aliphatic heterocycles. The molecule has 29 heteroatoms. The van der Waals surface area contributed by atoms with Gasteiger partial charge in [0.25, 0.3) is 0 Å². The monoisotopic (exact) mass is 1160 g/mol. The SMILES string of the molecule is CC[C@H](C)[C@H](NC(=O)[C@H](CCC(=O)O)NC(=O)[C@H](CCC(=O)O)NC(=O)[C@H](CCC(=O)O)NC(=O)[C@H](Cc1ccc(O)cc1)NC(=O)[C@@H](N)CC(C)C)C(=O)N[C@@H](CCCNC(=N)N)C(=O)N[C@H](C(=O)N[C@@H](CC(C)C)C(=O)O)C(C)C. The Kier molecular flexibility index (Phi) is 31.8. The first-order valence-corrected chi connectivity index (χ1v) is 27.2. The Hall–Kier alpha value is -8.11. The number of guanidine groups is 1. The van der Waals surface area contributed by atoms with Gasteiger partial charge in [0, 0.05) is 32.2 Å². The predicted octanol–water partition coefficient (Wildman–Crippen LogP) is -1.12. The number of phenolic OH excluding ortho intramolecular Hbond substituents is 1. The van der Waals surface area contributed by atoms with Crippen LogP contribution in [0.25, 0.3) is 0 Å². The second-order valence-electron chi connectivity index (χ2n) is 21.3. The highest BCUT2D eigenvalue weighted by atomic mass is 16.4. The number of carbonyl (C=O) groups excluding carboxylic acids is 8. The van der Waals surface area contributed by atoms with Crippen LogP contribution in [0.2, 0.25) is 0 Å². The van der Waals surface area contributed by atoms with Crippen LogP contribution in [0.4, 0.5) is 0 Å². The number of carboxylic acid groups (broad SMARTS) is 4. The van der Waals surface area contributed by atoms with Gasteiger partial charge in [0.05, 0.1) is 6.04 Å². The molecule has 0 bridgehead atoms. The Morgan fingerprint density at radius 3 is 1.28 bits per heavy atom. The van der Waals surface area contributed by atoms with E-state index in [0.29, 0.717) is 5.56 Å². The minimum Gasteiger partial charge on any atom is -0.508 e. The number of carbonyl (C=O) groups is 12. The quantitative estimate of drug-likeness (QED) is 0.0211. The van der Waals surface area contributed by atoms with Gasteiger partial charge in [-0.1, -0.05) is 73.9 Å². The minimum absolute atomic E-state index is 0.0265. The maximum Gasteiger partial charge on any atom is 0.326 e. The molecule has 0 aliphatic carbocycles. The van der Waals surface area contributed by atoms with Crippen LogP contribution in [-0.4, -0.2) is 164 Å². The molecule has 0 unspecified atom stereocenters. The van der Waals surface area contributed by atoms with E-state index in [1.807, 2.05) is 13.8 Å². The minimum atomic E-state index is -1.86. The van der Waals surface area contributed by atoms with E-state index in [4.69, 9.17) is 16.9 Å². The van der Waals surface area contributed by atoms with Gasteiger partial charge in [0.1, 0.15) is 54.1 Å². The lowest BCUT2D eigenvalue weighted by atomic mass is 9.96. The van der Waals surface area contributed by atoms with Gasteiger partial charge >= 0.3 is 23.9 Å². The van der Waals surface area contributed by atoms with Crippen molar-refractivity contribution in [1.82, 2.24) is 47.9 Å². The Labute approximate surface area is 476 Å². The molecule has 1 rings (SSSR count). The number of hydrogen-bond acceptors (Lipinski definition) is 15. The van der Waals surface area contributed by atoms with E-state index in [9.17, 15) is 83.1 Å². The number of hydrogen-bond donors (Lipinski definition) is 17. The fourth-order valence-electron chi connectivity index (χ4n) is 8.16. The molecule has 0 fully saturated rings. The van der Waals surface area contributed by atoms with Gasteiger partial charge in [-0.05, 0) is 86.3 Å². The van der Waals surface area contributed by atoms with E-state index in [1.165, 1.54) is 24.3 Å². The summed E-state index contributed by atoms with van der Waals surface area (Å²) in [4.78, 5) is 159. The summed E-state index contributed by atoms with van der Waals surface area (Å²) in [5.74, 6) is -15.6. The molecular formula is C53H86N12O17. The number of rotatable bonds is 39. The lowest BCUT2D eigenvalue weighted by molar-refractivity contribution is -0.143. The highest BCUT2D eigenvalue weighted by Crippen LogP contribution is 2.16. The summed E-state index contributed by atoms with van der Waals surface area (Å²) in [6.45, 7) is 13.6. The van der Waals surface area contributed by atoms with Crippen LogP contribution in [0.15, 0.2) is 24.3 Å². The fourth-order valence-corrected chi connectivity index (χ4v) is 8.16. The van der Waals surface area contributed by atoms with Crippen molar-refractivity contribution < 1.29 is 83.1 Å². The van der Waals surface area contributed by atoms with Gasteiger partial charge in [-0.25, -0.2) is 4.79 Å². The van der Waals surface area contributed by atoms with Crippen molar-refractivity contribution >= 4 is 77.1 Å². The molecule has 0 aliphatic rings. The topological polar surface area (TPSA) is 490 Å². The summed E-state index contributed by atoms with van der Waals surface area (Å²) in [5, 5.41) is 78.2. The fraction of sp³-hybridized carbons (Fsp3) is 0.642. The molecule has 460 valence electrons. The molecular weight excluding hydrogens is 1080 g/mol. The van der Waals surface area contributed by atoms with E-state index >= 15 is 0 Å². The molecule has 1 aromatic rings. The normalized spacial score (nSPS) is 14.8. The number of amides is 8. The first-order chi connectivity index (χ1) is 38.3.